The lowest BCUT2D eigenvalue weighted by Gasteiger charge is -2.16. The summed E-state index contributed by atoms with van der Waals surface area (Å²) in [5.74, 6) is 0.134. The first-order valence-electron chi connectivity index (χ1n) is 8.76. The molecule has 0 spiro atoms. The molecular weight excluding hydrogens is 342 g/mol. The smallest absolute Gasteiger partial charge is 0.270 e. The highest BCUT2D eigenvalue weighted by atomic mass is 16.2. The van der Waals surface area contributed by atoms with Crippen LogP contribution in [0.4, 0.5) is 0 Å². The Bertz CT molecular complexity index is 1080. The number of benzene rings is 1. The van der Waals surface area contributed by atoms with Crippen molar-refractivity contribution in [1.82, 2.24) is 34.7 Å². The van der Waals surface area contributed by atoms with Gasteiger partial charge in [-0.3, -0.25) is 9.48 Å². The van der Waals surface area contributed by atoms with Crippen molar-refractivity contribution >= 4 is 11.7 Å². The van der Waals surface area contributed by atoms with E-state index in [1.807, 2.05) is 54.9 Å². The van der Waals surface area contributed by atoms with Gasteiger partial charge in [0.05, 0.1) is 17.4 Å². The Morgan fingerprint density at radius 1 is 1.19 bits per heavy atom. The molecule has 136 valence electrons. The van der Waals surface area contributed by atoms with E-state index in [1.165, 1.54) is 10.8 Å². The minimum atomic E-state index is -0.249. The molecule has 4 aromatic rings. The number of aryl methyl sites for hydroxylation is 1. The number of carbonyl (C=O) groups excluding carboxylic acids is 1. The molecule has 8 nitrogen and oxygen atoms in total. The second-order valence-electron chi connectivity index (χ2n) is 6.13. The molecule has 1 atom stereocenters. The van der Waals surface area contributed by atoms with Crippen LogP contribution in [0.3, 0.4) is 0 Å². The summed E-state index contributed by atoms with van der Waals surface area (Å²) in [6.45, 7) is 4.68. The molecule has 1 unspecified atom stereocenters. The van der Waals surface area contributed by atoms with Gasteiger partial charge in [-0.25, -0.2) is 4.98 Å². The van der Waals surface area contributed by atoms with Crippen LogP contribution in [0.15, 0.2) is 55.0 Å². The van der Waals surface area contributed by atoms with Crippen LogP contribution in [0.25, 0.3) is 17.0 Å². The summed E-state index contributed by atoms with van der Waals surface area (Å²) in [5, 5.41) is 11.4. The van der Waals surface area contributed by atoms with Crippen molar-refractivity contribution in [2.75, 3.05) is 0 Å². The second kappa shape index (κ2) is 6.99. The first-order chi connectivity index (χ1) is 13.2. The number of rotatable bonds is 5. The number of aromatic nitrogens is 6. The van der Waals surface area contributed by atoms with E-state index in [-0.39, 0.29) is 11.9 Å². The topological polar surface area (TPSA) is 90.0 Å². The Hall–Kier alpha value is -3.55. The number of carbonyl (C=O) groups is 1. The standard InChI is InChI=1S/C19H19N7O/c1-3-25-16(9-10-21-25)13(2)23-18(27)17-11-15(14-7-5-4-6-8-14)24-19-20-12-22-26(17)19/h4-13H,3H2,1-2H3,(H,23,27). The summed E-state index contributed by atoms with van der Waals surface area (Å²) in [6, 6.07) is 13.1. The zero-order chi connectivity index (χ0) is 18.8. The van der Waals surface area contributed by atoms with Gasteiger partial charge < -0.3 is 5.32 Å². The number of nitrogens with zero attached hydrogens (tertiary/aromatic N) is 6. The van der Waals surface area contributed by atoms with Crippen molar-refractivity contribution in [3.63, 3.8) is 0 Å². The molecule has 4 rings (SSSR count). The Morgan fingerprint density at radius 3 is 2.78 bits per heavy atom. The summed E-state index contributed by atoms with van der Waals surface area (Å²) in [5.41, 5.74) is 2.91. The first-order valence-corrected chi connectivity index (χ1v) is 8.76. The molecule has 0 aliphatic heterocycles. The van der Waals surface area contributed by atoms with Crippen molar-refractivity contribution in [3.05, 3.63) is 66.4 Å². The summed E-state index contributed by atoms with van der Waals surface area (Å²) < 4.78 is 3.31. The van der Waals surface area contributed by atoms with E-state index in [0.717, 1.165) is 17.8 Å². The van der Waals surface area contributed by atoms with E-state index in [2.05, 4.69) is 25.5 Å². The van der Waals surface area contributed by atoms with Gasteiger partial charge in [0.2, 0.25) is 0 Å². The van der Waals surface area contributed by atoms with Crippen molar-refractivity contribution < 1.29 is 4.79 Å². The van der Waals surface area contributed by atoms with Gasteiger partial charge in [0, 0.05) is 18.3 Å². The molecule has 3 heterocycles. The Kier molecular flexibility index (Phi) is 4.37. The predicted molar refractivity (Wildman–Crippen MR) is 100 cm³/mol. The average molecular weight is 361 g/mol. The zero-order valence-corrected chi connectivity index (χ0v) is 15.1. The Morgan fingerprint density at radius 2 is 2.00 bits per heavy atom. The normalized spacial score (nSPS) is 12.2. The van der Waals surface area contributed by atoms with Crippen LogP contribution in [0.5, 0.6) is 0 Å². The van der Waals surface area contributed by atoms with Crippen LogP contribution < -0.4 is 5.32 Å². The van der Waals surface area contributed by atoms with Crippen LogP contribution in [0.1, 0.15) is 36.1 Å². The van der Waals surface area contributed by atoms with Crippen LogP contribution in [0, 0.1) is 0 Å². The molecule has 0 aliphatic carbocycles. The first kappa shape index (κ1) is 16.9. The summed E-state index contributed by atoms with van der Waals surface area (Å²) in [7, 11) is 0. The van der Waals surface area contributed by atoms with Crippen molar-refractivity contribution in [2.24, 2.45) is 0 Å². The van der Waals surface area contributed by atoms with E-state index >= 15 is 0 Å². The number of hydrogen-bond donors (Lipinski definition) is 1. The lowest BCUT2D eigenvalue weighted by Crippen LogP contribution is -2.30. The highest BCUT2D eigenvalue weighted by Crippen LogP contribution is 2.19. The Labute approximate surface area is 155 Å². The van der Waals surface area contributed by atoms with Crippen LogP contribution >= 0.6 is 0 Å². The van der Waals surface area contributed by atoms with Crippen molar-refractivity contribution in [1.29, 1.82) is 0 Å². The maximum atomic E-state index is 13.0. The Balaban J connectivity index is 1.70. The molecular formula is C19H19N7O. The molecule has 0 fully saturated rings. The SMILES string of the molecule is CCn1nccc1C(C)NC(=O)c1cc(-c2ccccc2)nc2ncnn12. The lowest BCUT2D eigenvalue weighted by atomic mass is 10.1. The molecule has 1 amide bonds. The molecule has 27 heavy (non-hydrogen) atoms. The van der Waals surface area contributed by atoms with Crippen LogP contribution in [-0.2, 0) is 6.54 Å². The fourth-order valence-corrected chi connectivity index (χ4v) is 3.05. The fourth-order valence-electron chi connectivity index (χ4n) is 3.05. The van der Waals surface area contributed by atoms with Crippen molar-refractivity contribution in [2.45, 2.75) is 26.4 Å². The maximum Gasteiger partial charge on any atom is 0.270 e. The fraction of sp³-hybridized carbons (Fsp3) is 0.211. The third kappa shape index (κ3) is 3.17. The largest absolute Gasteiger partial charge is 0.343 e. The van der Waals surface area contributed by atoms with Crippen molar-refractivity contribution in [3.8, 4) is 11.3 Å². The van der Waals surface area contributed by atoms with E-state index < -0.39 is 0 Å². The molecule has 0 saturated heterocycles. The van der Waals surface area contributed by atoms with Gasteiger partial charge in [0.25, 0.3) is 11.7 Å². The van der Waals surface area contributed by atoms with E-state index in [4.69, 9.17) is 0 Å². The highest BCUT2D eigenvalue weighted by Gasteiger charge is 2.19. The number of amides is 1. The zero-order valence-electron chi connectivity index (χ0n) is 15.1. The van der Waals surface area contributed by atoms with Gasteiger partial charge in [-0.1, -0.05) is 30.3 Å². The molecule has 0 radical (unpaired) electrons. The lowest BCUT2D eigenvalue weighted by molar-refractivity contribution is 0.0930. The van der Waals surface area contributed by atoms with Gasteiger partial charge in [-0.15, -0.1) is 0 Å². The molecule has 8 heteroatoms. The predicted octanol–water partition coefficient (Wildman–Crippen LogP) is 2.50. The summed E-state index contributed by atoms with van der Waals surface area (Å²) in [6.07, 6.45) is 3.13. The third-order valence-corrected chi connectivity index (χ3v) is 4.39. The van der Waals surface area contributed by atoms with Gasteiger partial charge in [-0.05, 0) is 26.0 Å². The average Bonchev–Trinajstić information content (AvgIpc) is 3.36. The molecule has 1 aromatic carbocycles. The van der Waals surface area contributed by atoms with E-state index in [1.54, 1.807) is 12.3 Å². The summed E-state index contributed by atoms with van der Waals surface area (Å²) in [4.78, 5) is 21.6. The monoisotopic (exact) mass is 361 g/mol. The van der Waals surface area contributed by atoms with E-state index in [9.17, 15) is 4.79 Å². The summed E-state index contributed by atoms with van der Waals surface area (Å²) >= 11 is 0. The molecule has 1 N–H and O–H groups in total. The van der Waals surface area contributed by atoms with Gasteiger partial charge >= 0.3 is 0 Å². The van der Waals surface area contributed by atoms with Gasteiger partial charge in [-0.2, -0.15) is 19.7 Å². The van der Waals surface area contributed by atoms with Crippen LogP contribution in [0.2, 0.25) is 0 Å². The van der Waals surface area contributed by atoms with Gasteiger partial charge in [0.1, 0.15) is 12.0 Å². The molecule has 0 saturated carbocycles. The minimum absolute atomic E-state index is 0.202. The highest BCUT2D eigenvalue weighted by molar-refractivity contribution is 5.94. The maximum absolute atomic E-state index is 13.0. The van der Waals surface area contributed by atoms with Crippen LogP contribution in [-0.4, -0.2) is 35.3 Å². The second-order valence-corrected chi connectivity index (χ2v) is 6.13. The quantitative estimate of drug-likeness (QED) is 0.590. The minimum Gasteiger partial charge on any atom is -0.343 e. The van der Waals surface area contributed by atoms with Gasteiger partial charge in [0.15, 0.2) is 0 Å². The molecule has 0 bridgehead atoms. The number of hydrogen-bond acceptors (Lipinski definition) is 5. The number of nitrogens with one attached hydrogen (secondary N) is 1. The molecule has 0 aliphatic rings. The van der Waals surface area contributed by atoms with E-state index in [0.29, 0.717) is 17.2 Å². The third-order valence-electron chi connectivity index (χ3n) is 4.39. The number of fused-ring (bicyclic) bond motifs is 1. The molecule has 3 aromatic heterocycles.